The van der Waals surface area contributed by atoms with E-state index < -0.39 is 5.82 Å². The normalized spacial score (nSPS) is 15.8. The second-order valence-corrected chi connectivity index (χ2v) is 8.46. The van der Waals surface area contributed by atoms with Crippen LogP contribution in [-0.2, 0) is 24.2 Å². The molecule has 0 bridgehead atoms. The monoisotopic (exact) mass is 401 g/mol. The maximum atomic E-state index is 13.8. The van der Waals surface area contributed by atoms with Crippen LogP contribution in [0, 0.1) is 23.1 Å². The molecule has 28 heavy (non-hydrogen) atoms. The number of rotatable bonds is 6. The van der Waals surface area contributed by atoms with E-state index in [0.29, 0.717) is 23.0 Å². The second kappa shape index (κ2) is 8.72. The molecule has 1 aromatic heterocycles. The fourth-order valence-electron chi connectivity index (χ4n) is 3.54. The smallest absolute Gasteiger partial charge is 0.239 e. The number of nitrogens with one attached hydrogen (secondary N) is 1. The van der Waals surface area contributed by atoms with Crippen molar-refractivity contribution in [2.75, 3.05) is 26.0 Å². The number of halogens is 1. The minimum absolute atomic E-state index is 0.150. The molecule has 1 amide bonds. The molecule has 1 aromatic carbocycles. The molecule has 0 unspecified atom stereocenters. The summed E-state index contributed by atoms with van der Waals surface area (Å²) < 4.78 is 18.7. The third kappa shape index (κ3) is 4.51. The van der Waals surface area contributed by atoms with Crippen molar-refractivity contribution in [2.45, 2.75) is 32.7 Å². The lowest BCUT2D eigenvalue weighted by molar-refractivity contribution is -0.117. The molecule has 0 saturated heterocycles. The Bertz CT molecular complexity index is 919. The van der Waals surface area contributed by atoms with Crippen LogP contribution in [0.3, 0.4) is 0 Å². The van der Waals surface area contributed by atoms with Crippen LogP contribution in [0.25, 0.3) is 0 Å². The summed E-state index contributed by atoms with van der Waals surface area (Å²) >= 11 is 1.52. The van der Waals surface area contributed by atoms with E-state index in [2.05, 4.69) is 18.3 Å². The van der Waals surface area contributed by atoms with Crippen molar-refractivity contribution in [3.05, 3.63) is 45.6 Å². The van der Waals surface area contributed by atoms with Crippen LogP contribution in [0.5, 0.6) is 5.75 Å². The first-order valence-corrected chi connectivity index (χ1v) is 10.1. The number of likely N-dealkylation sites (N-methyl/N-ethyl adjacent to an activating group) is 1. The Hall–Kier alpha value is -2.43. The van der Waals surface area contributed by atoms with E-state index in [1.165, 1.54) is 29.4 Å². The van der Waals surface area contributed by atoms with Gasteiger partial charge in [-0.2, -0.15) is 5.26 Å². The van der Waals surface area contributed by atoms with Gasteiger partial charge in [-0.05, 0) is 55.5 Å². The molecule has 1 aliphatic carbocycles. The highest BCUT2D eigenvalue weighted by molar-refractivity contribution is 7.16. The lowest BCUT2D eigenvalue weighted by Crippen LogP contribution is -2.29. The first kappa shape index (κ1) is 20.3. The summed E-state index contributed by atoms with van der Waals surface area (Å²) in [6.07, 6.45) is 2.94. The maximum absolute atomic E-state index is 13.8. The zero-order valence-electron chi connectivity index (χ0n) is 16.3. The minimum atomic E-state index is -0.421. The van der Waals surface area contributed by atoms with Crippen LogP contribution in [0.15, 0.2) is 18.2 Å². The number of ether oxygens (including phenoxy) is 1. The van der Waals surface area contributed by atoms with Gasteiger partial charge in [0.25, 0.3) is 0 Å². The predicted octanol–water partition coefficient (Wildman–Crippen LogP) is 3.96. The Kier molecular flexibility index (Phi) is 6.32. The molecular formula is C21H24FN3O2S. The molecule has 7 heteroatoms. The SMILES string of the molecule is COc1ccc(CN(C)CC(=O)Nc2sc3c(c2C#N)CC[C@H](C)C3)cc1F. The Morgan fingerprint density at radius 3 is 2.96 bits per heavy atom. The van der Waals surface area contributed by atoms with Crippen LogP contribution in [0.4, 0.5) is 9.39 Å². The van der Waals surface area contributed by atoms with Gasteiger partial charge in [0.15, 0.2) is 11.6 Å². The molecule has 3 rings (SSSR count). The van der Waals surface area contributed by atoms with Crippen molar-refractivity contribution in [1.29, 1.82) is 5.26 Å². The third-order valence-electron chi connectivity index (χ3n) is 4.96. The molecular weight excluding hydrogens is 377 g/mol. The van der Waals surface area contributed by atoms with Crippen molar-refractivity contribution in [1.82, 2.24) is 4.90 Å². The summed E-state index contributed by atoms with van der Waals surface area (Å²) in [5.41, 5.74) is 2.47. The van der Waals surface area contributed by atoms with E-state index in [1.54, 1.807) is 24.1 Å². The minimum Gasteiger partial charge on any atom is -0.494 e. The number of nitrogens with zero attached hydrogens (tertiary/aromatic N) is 2. The van der Waals surface area contributed by atoms with Crippen molar-refractivity contribution in [3.63, 3.8) is 0 Å². The number of nitriles is 1. The molecule has 2 aromatic rings. The Labute approximate surface area is 168 Å². The number of carbonyl (C=O) groups excluding carboxylic acids is 1. The van der Waals surface area contributed by atoms with E-state index in [0.717, 1.165) is 30.4 Å². The molecule has 0 spiro atoms. The summed E-state index contributed by atoms with van der Waals surface area (Å²) in [4.78, 5) is 15.5. The van der Waals surface area contributed by atoms with Crippen molar-refractivity contribution < 1.29 is 13.9 Å². The van der Waals surface area contributed by atoms with Crippen molar-refractivity contribution >= 4 is 22.2 Å². The largest absolute Gasteiger partial charge is 0.494 e. The number of fused-ring (bicyclic) bond motifs is 1. The average Bonchev–Trinajstić information content (AvgIpc) is 2.97. The highest BCUT2D eigenvalue weighted by Gasteiger charge is 2.24. The summed E-state index contributed by atoms with van der Waals surface area (Å²) in [5.74, 6) is 0.205. The van der Waals surface area contributed by atoms with Crippen LogP contribution in [0.1, 0.15) is 34.9 Å². The van der Waals surface area contributed by atoms with Gasteiger partial charge in [0.1, 0.15) is 11.1 Å². The standard InChI is InChI=1S/C21H24FN3O2S/c1-13-4-6-15-16(10-23)21(28-19(15)8-13)24-20(26)12-25(2)11-14-5-7-18(27-3)17(22)9-14/h5,7,9,13H,4,6,8,11-12H2,1-3H3,(H,24,26)/t13-/m0/s1. The first-order chi connectivity index (χ1) is 13.4. The maximum Gasteiger partial charge on any atom is 0.239 e. The van der Waals surface area contributed by atoms with Gasteiger partial charge in [-0.1, -0.05) is 13.0 Å². The zero-order valence-corrected chi connectivity index (χ0v) is 17.2. The van der Waals surface area contributed by atoms with Gasteiger partial charge < -0.3 is 10.1 Å². The summed E-state index contributed by atoms with van der Waals surface area (Å²) in [7, 11) is 3.22. The number of anilines is 1. The number of methoxy groups -OCH3 is 1. The van der Waals surface area contributed by atoms with Gasteiger partial charge >= 0.3 is 0 Å². The molecule has 0 radical (unpaired) electrons. The van der Waals surface area contributed by atoms with Crippen molar-refractivity contribution in [2.24, 2.45) is 5.92 Å². The molecule has 1 aliphatic rings. The Morgan fingerprint density at radius 2 is 2.29 bits per heavy atom. The Balaban J connectivity index is 1.63. The second-order valence-electron chi connectivity index (χ2n) is 7.36. The molecule has 0 saturated carbocycles. The average molecular weight is 402 g/mol. The van der Waals surface area contributed by atoms with Crippen LogP contribution in [-0.4, -0.2) is 31.5 Å². The van der Waals surface area contributed by atoms with Gasteiger partial charge in [-0.15, -0.1) is 11.3 Å². The van der Waals surface area contributed by atoms with Crippen molar-refractivity contribution in [3.8, 4) is 11.8 Å². The lowest BCUT2D eigenvalue weighted by Gasteiger charge is -2.17. The van der Waals surface area contributed by atoms with Gasteiger partial charge in [-0.3, -0.25) is 9.69 Å². The van der Waals surface area contributed by atoms with E-state index in [4.69, 9.17) is 4.74 Å². The fraction of sp³-hybridized carbons (Fsp3) is 0.429. The summed E-state index contributed by atoms with van der Waals surface area (Å²) in [6, 6.07) is 7.03. The Morgan fingerprint density at radius 1 is 1.50 bits per heavy atom. The van der Waals surface area contributed by atoms with Crippen LogP contribution < -0.4 is 10.1 Å². The molecule has 148 valence electrons. The van der Waals surface area contributed by atoms with E-state index >= 15 is 0 Å². The number of thiophene rings is 1. The number of benzene rings is 1. The third-order valence-corrected chi connectivity index (χ3v) is 6.13. The molecule has 5 nitrogen and oxygen atoms in total. The van der Waals surface area contributed by atoms with Gasteiger partial charge in [0.05, 0.1) is 19.2 Å². The topological polar surface area (TPSA) is 65.4 Å². The highest BCUT2D eigenvalue weighted by Crippen LogP contribution is 2.39. The molecule has 0 fully saturated rings. The molecule has 1 atom stereocenters. The number of hydrogen-bond donors (Lipinski definition) is 1. The summed E-state index contributed by atoms with van der Waals surface area (Å²) in [5, 5.41) is 13.1. The van der Waals surface area contributed by atoms with E-state index in [-0.39, 0.29) is 18.2 Å². The lowest BCUT2D eigenvalue weighted by atomic mass is 9.89. The van der Waals surface area contributed by atoms with Gasteiger partial charge in [-0.25, -0.2) is 4.39 Å². The van der Waals surface area contributed by atoms with Gasteiger partial charge in [0.2, 0.25) is 5.91 Å². The zero-order chi connectivity index (χ0) is 20.3. The van der Waals surface area contributed by atoms with Crippen LogP contribution in [0.2, 0.25) is 0 Å². The first-order valence-electron chi connectivity index (χ1n) is 9.26. The molecule has 1 N–H and O–H groups in total. The molecule has 1 heterocycles. The number of amides is 1. The molecule has 0 aliphatic heterocycles. The highest BCUT2D eigenvalue weighted by atomic mass is 32.1. The van der Waals surface area contributed by atoms with Crippen LogP contribution >= 0.6 is 11.3 Å². The quantitative estimate of drug-likeness (QED) is 0.796. The summed E-state index contributed by atoms with van der Waals surface area (Å²) in [6.45, 7) is 2.79. The van der Waals surface area contributed by atoms with Gasteiger partial charge in [0, 0.05) is 11.4 Å². The number of hydrogen-bond acceptors (Lipinski definition) is 5. The van der Waals surface area contributed by atoms with E-state index in [9.17, 15) is 14.4 Å². The number of carbonyl (C=O) groups is 1. The predicted molar refractivity (Wildman–Crippen MR) is 108 cm³/mol. The van der Waals surface area contributed by atoms with E-state index in [1.807, 2.05) is 0 Å². The fourth-order valence-corrected chi connectivity index (χ4v) is 4.92.